The summed E-state index contributed by atoms with van der Waals surface area (Å²) in [5.74, 6) is 1.80. The van der Waals surface area contributed by atoms with Crippen LogP contribution in [-0.2, 0) is 5.41 Å². The average molecular weight is 728 g/mol. The molecule has 0 unspecified atom stereocenters. The van der Waals surface area contributed by atoms with E-state index in [0.29, 0.717) is 17.5 Å². The number of hydrogen-bond donors (Lipinski definition) is 0. The number of furan rings is 2. The molecule has 0 bridgehead atoms. The minimum atomic E-state index is -0.478. The highest BCUT2D eigenvalue weighted by Gasteiger charge is 2.52. The first-order chi connectivity index (χ1) is 28.2. The van der Waals surface area contributed by atoms with Crippen LogP contribution >= 0.6 is 0 Å². The van der Waals surface area contributed by atoms with Crippen LogP contribution < -0.4 is 0 Å². The van der Waals surface area contributed by atoms with Crippen molar-refractivity contribution in [3.05, 3.63) is 198 Å². The summed E-state index contributed by atoms with van der Waals surface area (Å²) in [7, 11) is 0. The zero-order valence-corrected chi connectivity index (χ0v) is 30.4. The Morgan fingerprint density at radius 2 is 0.737 bits per heavy atom. The highest BCUT2D eigenvalue weighted by molar-refractivity contribution is 6.07. The molecule has 3 heterocycles. The van der Waals surface area contributed by atoms with Crippen LogP contribution in [0.3, 0.4) is 0 Å². The van der Waals surface area contributed by atoms with Gasteiger partial charge in [-0.3, -0.25) is 0 Å². The smallest absolute Gasteiger partial charge is 0.164 e. The minimum absolute atomic E-state index is 0.478. The fraction of sp³-hybridized carbons (Fsp3) is 0.0192. The summed E-state index contributed by atoms with van der Waals surface area (Å²) in [6.07, 6.45) is 0. The molecule has 8 aromatic carbocycles. The van der Waals surface area contributed by atoms with Crippen molar-refractivity contribution >= 4 is 43.9 Å². The minimum Gasteiger partial charge on any atom is -0.456 e. The van der Waals surface area contributed by atoms with Crippen LogP contribution in [0.25, 0.3) is 100 Å². The van der Waals surface area contributed by atoms with E-state index in [-0.39, 0.29) is 0 Å². The van der Waals surface area contributed by atoms with Crippen molar-refractivity contribution in [1.29, 1.82) is 0 Å². The molecule has 5 heteroatoms. The van der Waals surface area contributed by atoms with Crippen molar-refractivity contribution in [3.8, 4) is 56.4 Å². The Labute approximate surface area is 326 Å². The third kappa shape index (κ3) is 4.09. The molecule has 264 valence electrons. The Kier molecular flexibility index (Phi) is 6.04. The monoisotopic (exact) mass is 727 g/mol. The molecule has 0 saturated heterocycles. The van der Waals surface area contributed by atoms with Crippen LogP contribution in [0.4, 0.5) is 0 Å². The second-order valence-electron chi connectivity index (χ2n) is 15.0. The first kappa shape index (κ1) is 30.7. The number of aromatic nitrogens is 3. The van der Waals surface area contributed by atoms with E-state index in [1.54, 1.807) is 0 Å². The van der Waals surface area contributed by atoms with Gasteiger partial charge in [0.1, 0.15) is 22.3 Å². The van der Waals surface area contributed by atoms with Crippen LogP contribution in [0.2, 0.25) is 0 Å². The van der Waals surface area contributed by atoms with Gasteiger partial charge in [0.2, 0.25) is 0 Å². The highest BCUT2D eigenvalue weighted by atomic mass is 16.3. The van der Waals surface area contributed by atoms with Gasteiger partial charge in [-0.1, -0.05) is 127 Å². The van der Waals surface area contributed by atoms with Gasteiger partial charge in [0.15, 0.2) is 17.5 Å². The van der Waals surface area contributed by atoms with Gasteiger partial charge in [-0.2, -0.15) is 0 Å². The van der Waals surface area contributed by atoms with Gasteiger partial charge >= 0.3 is 0 Å². The maximum absolute atomic E-state index is 6.22. The van der Waals surface area contributed by atoms with Gasteiger partial charge in [-0.05, 0) is 93.0 Å². The lowest BCUT2D eigenvalue weighted by Crippen LogP contribution is -2.25. The summed E-state index contributed by atoms with van der Waals surface area (Å²) in [5, 5.41) is 4.16. The maximum atomic E-state index is 6.22. The number of nitrogens with zero attached hydrogens (tertiary/aromatic N) is 3. The number of fused-ring (bicyclic) bond motifs is 16. The lowest BCUT2D eigenvalue weighted by Gasteiger charge is -2.30. The van der Waals surface area contributed by atoms with Crippen LogP contribution in [0.1, 0.15) is 22.3 Å². The van der Waals surface area contributed by atoms with Crippen LogP contribution in [0.15, 0.2) is 185 Å². The van der Waals surface area contributed by atoms with E-state index in [1.165, 1.54) is 38.9 Å². The summed E-state index contributed by atoms with van der Waals surface area (Å²) in [6.45, 7) is 0. The molecule has 0 amide bonds. The molecule has 2 aliphatic rings. The first-order valence-corrected chi connectivity index (χ1v) is 19.3. The van der Waals surface area contributed by atoms with Crippen molar-refractivity contribution in [3.63, 3.8) is 0 Å². The van der Waals surface area contributed by atoms with Gasteiger partial charge in [-0.25, -0.2) is 15.0 Å². The number of rotatable bonds is 3. The Balaban J connectivity index is 1.09. The molecule has 5 nitrogen and oxygen atoms in total. The Bertz CT molecular complexity index is 3320. The summed E-state index contributed by atoms with van der Waals surface area (Å²) < 4.78 is 12.4. The zero-order chi connectivity index (χ0) is 37.2. The predicted molar refractivity (Wildman–Crippen MR) is 227 cm³/mol. The average Bonchev–Trinajstić information content (AvgIpc) is 4.01. The molecule has 0 radical (unpaired) electrons. The van der Waals surface area contributed by atoms with E-state index in [4.69, 9.17) is 23.8 Å². The van der Waals surface area contributed by atoms with Gasteiger partial charge in [-0.15, -0.1) is 0 Å². The fourth-order valence-corrected chi connectivity index (χ4v) is 9.81. The topological polar surface area (TPSA) is 65.0 Å². The van der Waals surface area contributed by atoms with E-state index >= 15 is 0 Å². The van der Waals surface area contributed by atoms with Gasteiger partial charge in [0, 0.05) is 38.2 Å². The SMILES string of the molecule is c1ccc2c(c1)-c1ccccc1C21c2ccccc2-c2c(-c3nc(-c4ccc5oc6ccccc6c5c4)nc(-c4ccc5oc6ccccc6c5c4)n3)cccc21. The van der Waals surface area contributed by atoms with Crippen molar-refractivity contribution in [1.82, 2.24) is 15.0 Å². The molecular weight excluding hydrogens is 699 g/mol. The largest absolute Gasteiger partial charge is 0.456 e. The molecule has 3 aromatic heterocycles. The predicted octanol–water partition coefficient (Wildman–Crippen LogP) is 13.0. The first-order valence-electron chi connectivity index (χ1n) is 19.3. The van der Waals surface area contributed by atoms with E-state index < -0.39 is 5.41 Å². The molecule has 0 fully saturated rings. The fourth-order valence-electron chi connectivity index (χ4n) is 9.81. The molecule has 57 heavy (non-hydrogen) atoms. The number of hydrogen-bond acceptors (Lipinski definition) is 5. The molecule has 0 atom stereocenters. The van der Waals surface area contributed by atoms with Crippen molar-refractivity contribution in [2.75, 3.05) is 0 Å². The van der Waals surface area contributed by atoms with Crippen LogP contribution in [0.5, 0.6) is 0 Å². The van der Waals surface area contributed by atoms with E-state index in [0.717, 1.165) is 66.1 Å². The number of benzene rings is 8. The van der Waals surface area contributed by atoms with Crippen molar-refractivity contribution in [2.24, 2.45) is 0 Å². The Morgan fingerprint density at radius 3 is 1.32 bits per heavy atom. The summed E-state index contributed by atoms with van der Waals surface area (Å²) in [5.41, 5.74) is 15.6. The third-order valence-corrected chi connectivity index (χ3v) is 12.2. The van der Waals surface area contributed by atoms with Gasteiger partial charge < -0.3 is 8.83 Å². The summed E-state index contributed by atoms with van der Waals surface area (Å²) >= 11 is 0. The molecule has 2 aliphatic carbocycles. The van der Waals surface area contributed by atoms with Gasteiger partial charge in [0.05, 0.1) is 5.41 Å². The summed E-state index contributed by atoms with van der Waals surface area (Å²) in [4.78, 5) is 15.9. The molecule has 11 aromatic rings. The second-order valence-corrected chi connectivity index (χ2v) is 15.0. The molecule has 0 saturated carbocycles. The Hall–Kier alpha value is -7.63. The normalized spacial score (nSPS) is 13.4. The molecule has 13 rings (SSSR count). The van der Waals surface area contributed by atoms with E-state index in [1.807, 2.05) is 60.7 Å². The van der Waals surface area contributed by atoms with Gasteiger partial charge in [0.25, 0.3) is 0 Å². The van der Waals surface area contributed by atoms with Crippen molar-refractivity contribution < 1.29 is 8.83 Å². The second kappa shape index (κ2) is 11.2. The molecular formula is C52H29N3O2. The zero-order valence-electron chi connectivity index (χ0n) is 30.4. The number of para-hydroxylation sites is 2. The maximum Gasteiger partial charge on any atom is 0.164 e. The third-order valence-electron chi connectivity index (χ3n) is 12.2. The molecule has 1 spiro atoms. The van der Waals surface area contributed by atoms with E-state index in [2.05, 4.69) is 115 Å². The lowest BCUT2D eigenvalue weighted by molar-refractivity contribution is 0.668. The van der Waals surface area contributed by atoms with Crippen LogP contribution in [0, 0.1) is 0 Å². The van der Waals surface area contributed by atoms with E-state index in [9.17, 15) is 0 Å². The standard InChI is InChI=1S/C52H29N3O2/c1-6-18-40-32(12-1)33-13-2-7-19-41(33)52(40)42-20-8-3-16-36(42)48-37(17-11-21-43(48)52)51-54-49(30-24-26-46-38(28-30)34-14-4-9-22-44(34)56-46)53-50(55-51)31-25-27-47-39(29-31)35-15-5-10-23-45(35)57-47/h1-29H. The molecule has 0 N–H and O–H groups in total. The lowest BCUT2D eigenvalue weighted by atomic mass is 9.70. The summed E-state index contributed by atoms with van der Waals surface area (Å²) in [6, 6.07) is 62.0. The quantitative estimate of drug-likeness (QED) is 0.181. The van der Waals surface area contributed by atoms with Crippen LogP contribution in [-0.4, -0.2) is 15.0 Å². The highest BCUT2D eigenvalue weighted by Crippen LogP contribution is 2.63. The molecule has 0 aliphatic heterocycles. The Morgan fingerprint density at radius 1 is 0.316 bits per heavy atom. The van der Waals surface area contributed by atoms with Crippen molar-refractivity contribution in [2.45, 2.75) is 5.41 Å².